The van der Waals surface area contributed by atoms with E-state index >= 15 is 0 Å². The molecule has 0 amide bonds. The van der Waals surface area contributed by atoms with Crippen molar-refractivity contribution in [1.82, 2.24) is 4.57 Å². The number of aromatic nitrogens is 1. The molecule has 232 valence electrons. The molecule has 0 saturated heterocycles. The standard InChI is InChI=1S/C48H29NS/c1-3-14-30(15-4-1)31-26-28-32(29-27-31)34-24-13-25-41-42-38-21-10-12-23-40(38)46-44(48(42)50-47(34)41)43-37-20-9-7-18-35(37)36-19-8-11-22-39(36)45(43)49(46)33-16-5-2-6-17-33/h1-29H. The molecule has 0 bridgehead atoms. The van der Waals surface area contributed by atoms with Crippen molar-refractivity contribution in [3.63, 3.8) is 0 Å². The van der Waals surface area contributed by atoms with Crippen LogP contribution in [0.5, 0.6) is 0 Å². The number of rotatable bonds is 3. The first-order valence-electron chi connectivity index (χ1n) is 17.2. The van der Waals surface area contributed by atoms with Gasteiger partial charge in [-0.3, -0.25) is 0 Å². The van der Waals surface area contributed by atoms with E-state index in [2.05, 4.69) is 180 Å². The lowest BCUT2D eigenvalue weighted by atomic mass is 9.94. The normalized spacial score (nSPS) is 12.0. The summed E-state index contributed by atoms with van der Waals surface area (Å²) >= 11 is 1.95. The van der Waals surface area contributed by atoms with Crippen LogP contribution in [0.3, 0.4) is 0 Å². The lowest BCUT2D eigenvalue weighted by Gasteiger charge is -2.13. The summed E-state index contributed by atoms with van der Waals surface area (Å²) in [7, 11) is 0. The van der Waals surface area contributed by atoms with E-state index in [0.717, 1.165) is 0 Å². The van der Waals surface area contributed by atoms with Crippen molar-refractivity contribution >= 4 is 85.6 Å². The molecule has 0 N–H and O–H groups in total. The second kappa shape index (κ2) is 10.6. The van der Waals surface area contributed by atoms with Gasteiger partial charge in [0.15, 0.2) is 0 Å². The molecule has 0 aliphatic carbocycles. The van der Waals surface area contributed by atoms with Crippen molar-refractivity contribution in [2.24, 2.45) is 0 Å². The van der Waals surface area contributed by atoms with Gasteiger partial charge < -0.3 is 4.57 Å². The second-order valence-electron chi connectivity index (χ2n) is 13.2. The van der Waals surface area contributed by atoms with Gasteiger partial charge in [-0.2, -0.15) is 0 Å². The van der Waals surface area contributed by atoms with Crippen LogP contribution in [0, 0.1) is 0 Å². The molecule has 0 unspecified atom stereocenters. The molecular formula is C48H29NS. The highest BCUT2D eigenvalue weighted by molar-refractivity contribution is 7.27. The molecule has 0 aliphatic rings. The zero-order valence-electron chi connectivity index (χ0n) is 27.1. The van der Waals surface area contributed by atoms with Crippen molar-refractivity contribution in [2.45, 2.75) is 0 Å². The Kier molecular flexibility index (Phi) is 5.89. The van der Waals surface area contributed by atoms with Crippen molar-refractivity contribution < 1.29 is 0 Å². The Labute approximate surface area is 292 Å². The first-order valence-corrected chi connectivity index (χ1v) is 18.0. The van der Waals surface area contributed by atoms with Gasteiger partial charge >= 0.3 is 0 Å². The van der Waals surface area contributed by atoms with Gasteiger partial charge in [-0.15, -0.1) is 11.3 Å². The second-order valence-corrected chi connectivity index (χ2v) is 14.2. The third-order valence-electron chi connectivity index (χ3n) is 10.6. The molecule has 9 aromatic carbocycles. The van der Waals surface area contributed by atoms with E-state index < -0.39 is 0 Å². The van der Waals surface area contributed by atoms with E-state index in [4.69, 9.17) is 0 Å². The summed E-state index contributed by atoms with van der Waals surface area (Å²) in [6.07, 6.45) is 0. The minimum atomic E-state index is 1.18. The molecule has 0 fully saturated rings. The van der Waals surface area contributed by atoms with Crippen molar-refractivity contribution in [3.05, 3.63) is 176 Å². The fourth-order valence-corrected chi connectivity index (χ4v) is 9.83. The third-order valence-corrected chi connectivity index (χ3v) is 11.8. The van der Waals surface area contributed by atoms with Gasteiger partial charge in [0.1, 0.15) is 0 Å². The lowest BCUT2D eigenvalue weighted by molar-refractivity contribution is 1.19. The highest BCUT2D eigenvalue weighted by Gasteiger charge is 2.25. The van der Waals surface area contributed by atoms with E-state index in [1.807, 2.05) is 11.3 Å². The quantitative estimate of drug-likeness (QED) is 0.168. The maximum atomic E-state index is 2.55. The summed E-state index contributed by atoms with van der Waals surface area (Å²) in [6, 6.07) is 64.5. The van der Waals surface area contributed by atoms with Crippen LogP contribution < -0.4 is 0 Å². The van der Waals surface area contributed by atoms with Crippen molar-refractivity contribution in [3.8, 4) is 27.9 Å². The maximum Gasteiger partial charge on any atom is 0.0634 e. The minimum absolute atomic E-state index is 1.18. The fourth-order valence-electron chi connectivity index (χ4n) is 8.43. The van der Waals surface area contributed by atoms with Crippen LogP contribution in [0.2, 0.25) is 0 Å². The van der Waals surface area contributed by atoms with Gasteiger partial charge in [-0.05, 0) is 55.9 Å². The number of thiophene rings is 1. The minimum Gasteiger partial charge on any atom is -0.308 e. The highest BCUT2D eigenvalue weighted by Crippen LogP contribution is 2.52. The monoisotopic (exact) mass is 651 g/mol. The molecule has 11 aromatic rings. The van der Waals surface area contributed by atoms with Gasteiger partial charge in [-0.25, -0.2) is 0 Å². The zero-order valence-corrected chi connectivity index (χ0v) is 27.9. The SMILES string of the molecule is c1ccc(-c2ccc(-c3cccc4c3sc3c4c4ccccc4c4c3c3c5ccccc5c5ccccc5c3n4-c3ccccc3)cc2)cc1. The summed E-state index contributed by atoms with van der Waals surface area (Å²) in [5.74, 6) is 0. The Morgan fingerprint density at radius 1 is 0.300 bits per heavy atom. The van der Waals surface area contributed by atoms with Crippen LogP contribution in [0.15, 0.2) is 176 Å². The molecule has 2 aromatic heterocycles. The van der Waals surface area contributed by atoms with Gasteiger partial charge in [0, 0.05) is 47.4 Å². The summed E-state index contributed by atoms with van der Waals surface area (Å²) < 4.78 is 5.23. The summed E-state index contributed by atoms with van der Waals surface area (Å²) in [5.41, 5.74) is 8.72. The first-order chi connectivity index (χ1) is 24.8. The predicted octanol–water partition coefficient (Wildman–Crippen LogP) is 13.9. The van der Waals surface area contributed by atoms with Crippen molar-refractivity contribution in [2.75, 3.05) is 0 Å². The Morgan fingerprint density at radius 3 is 1.48 bits per heavy atom. The first kappa shape index (κ1) is 27.7. The van der Waals surface area contributed by atoms with E-state index in [0.29, 0.717) is 0 Å². The molecule has 1 nitrogen and oxygen atoms in total. The van der Waals surface area contributed by atoms with Crippen LogP contribution in [-0.4, -0.2) is 4.57 Å². The molecule has 0 aliphatic heterocycles. The number of hydrogen-bond acceptors (Lipinski definition) is 1. The molecular weight excluding hydrogens is 623 g/mol. The average Bonchev–Trinajstić information content (AvgIpc) is 3.77. The van der Waals surface area contributed by atoms with Crippen molar-refractivity contribution in [1.29, 1.82) is 0 Å². The highest BCUT2D eigenvalue weighted by atomic mass is 32.1. The van der Waals surface area contributed by atoms with Crippen LogP contribution >= 0.6 is 11.3 Å². The van der Waals surface area contributed by atoms with Gasteiger partial charge in [-0.1, -0.05) is 164 Å². The largest absolute Gasteiger partial charge is 0.308 e. The topological polar surface area (TPSA) is 4.93 Å². The number of hydrogen-bond donors (Lipinski definition) is 0. The van der Waals surface area contributed by atoms with E-state index in [9.17, 15) is 0 Å². The summed E-state index contributed by atoms with van der Waals surface area (Å²) in [4.78, 5) is 0. The van der Waals surface area contributed by atoms with E-state index in [1.54, 1.807) is 0 Å². The molecule has 2 heterocycles. The summed E-state index contributed by atoms with van der Waals surface area (Å²) in [6.45, 7) is 0. The fraction of sp³-hybridized carbons (Fsp3) is 0. The number of benzene rings is 9. The van der Waals surface area contributed by atoms with Crippen LogP contribution in [0.25, 0.3) is 102 Å². The smallest absolute Gasteiger partial charge is 0.0634 e. The Balaban J connectivity index is 1.35. The van der Waals surface area contributed by atoms with Gasteiger partial charge in [0.05, 0.1) is 11.0 Å². The Morgan fingerprint density at radius 2 is 0.780 bits per heavy atom. The molecule has 0 saturated carbocycles. The molecule has 2 heteroatoms. The van der Waals surface area contributed by atoms with E-state index in [-0.39, 0.29) is 0 Å². The van der Waals surface area contributed by atoms with Crippen LogP contribution in [0.4, 0.5) is 0 Å². The number of fused-ring (bicyclic) bond motifs is 15. The predicted molar refractivity (Wildman–Crippen MR) is 217 cm³/mol. The average molecular weight is 652 g/mol. The molecule has 0 spiro atoms. The molecule has 0 atom stereocenters. The van der Waals surface area contributed by atoms with Gasteiger partial charge in [0.25, 0.3) is 0 Å². The molecule has 50 heavy (non-hydrogen) atoms. The summed E-state index contributed by atoms with van der Waals surface area (Å²) in [5, 5.41) is 13.1. The molecule has 0 radical (unpaired) electrons. The number of nitrogens with zero attached hydrogens (tertiary/aromatic N) is 1. The number of para-hydroxylation sites is 1. The maximum absolute atomic E-state index is 2.55. The Hall–Kier alpha value is -6.22. The van der Waals surface area contributed by atoms with Crippen LogP contribution in [-0.2, 0) is 0 Å². The zero-order chi connectivity index (χ0) is 32.8. The molecule has 11 rings (SSSR count). The third kappa shape index (κ3) is 3.82. The Bertz CT molecular complexity index is 3110. The van der Waals surface area contributed by atoms with Gasteiger partial charge in [0.2, 0.25) is 0 Å². The lowest BCUT2D eigenvalue weighted by Crippen LogP contribution is -1.95. The van der Waals surface area contributed by atoms with E-state index in [1.165, 1.54) is 102 Å². The van der Waals surface area contributed by atoms with Crippen LogP contribution in [0.1, 0.15) is 0 Å².